The van der Waals surface area contributed by atoms with Gasteiger partial charge in [-0.15, -0.1) is 11.8 Å². The normalized spacial score (nSPS) is 25.0. The van der Waals surface area contributed by atoms with E-state index in [2.05, 4.69) is 30.9 Å². The van der Waals surface area contributed by atoms with Crippen LogP contribution in [0.1, 0.15) is 49.1 Å². The van der Waals surface area contributed by atoms with Crippen molar-refractivity contribution in [3.8, 4) is 0 Å². The van der Waals surface area contributed by atoms with Crippen LogP contribution in [0.5, 0.6) is 0 Å². The second kappa shape index (κ2) is 11.5. The second-order valence-corrected chi connectivity index (χ2v) is 11.5. The molecule has 5 rings (SSSR count). The number of allylic oxidation sites excluding steroid dienone is 1. The van der Waals surface area contributed by atoms with Crippen LogP contribution in [-0.4, -0.2) is 49.6 Å². The first-order chi connectivity index (χ1) is 18.2. The molecule has 200 valence electrons. The number of hydrogen-bond acceptors (Lipinski definition) is 9. The van der Waals surface area contributed by atoms with Gasteiger partial charge in [0.1, 0.15) is 5.25 Å². The molecule has 38 heavy (non-hydrogen) atoms. The van der Waals surface area contributed by atoms with Gasteiger partial charge in [-0.1, -0.05) is 12.1 Å². The van der Waals surface area contributed by atoms with Crippen LogP contribution in [0.4, 0.5) is 23.9 Å². The summed E-state index contributed by atoms with van der Waals surface area (Å²) >= 11 is 1.69. The molecule has 3 N–H and O–H groups in total. The van der Waals surface area contributed by atoms with E-state index in [-0.39, 0.29) is 18.5 Å². The summed E-state index contributed by atoms with van der Waals surface area (Å²) < 4.78 is 39.3. The van der Waals surface area contributed by atoms with Crippen LogP contribution in [-0.2, 0) is 11.3 Å². The van der Waals surface area contributed by atoms with Crippen molar-refractivity contribution in [1.82, 2.24) is 25.6 Å². The Morgan fingerprint density at radius 1 is 1.08 bits per heavy atom. The SMILES string of the molecule is O=C1NC(=O)/C(=C/c2ccnc(NC3CCC(NCc4cccnc4C4=CCC(C(F)(F)F)S4)CC3)n2)S1. The second-order valence-electron chi connectivity index (χ2n) is 9.19. The van der Waals surface area contributed by atoms with Gasteiger partial charge in [0.15, 0.2) is 0 Å². The largest absolute Gasteiger partial charge is 0.401 e. The molecule has 8 nitrogen and oxygen atoms in total. The molecule has 4 heterocycles. The summed E-state index contributed by atoms with van der Waals surface area (Å²) in [6.07, 6.45) is 5.81. The Kier molecular flexibility index (Phi) is 8.05. The molecule has 2 aromatic heterocycles. The number of nitrogens with one attached hydrogen (secondary N) is 3. The lowest BCUT2D eigenvalue weighted by Gasteiger charge is -2.30. The van der Waals surface area contributed by atoms with Gasteiger partial charge in [0.2, 0.25) is 5.95 Å². The summed E-state index contributed by atoms with van der Waals surface area (Å²) in [5.74, 6) is 0.0339. The Morgan fingerprint density at radius 2 is 1.87 bits per heavy atom. The highest BCUT2D eigenvalue weighted by atomic mass is 32.2. The van der Waals surface area contributed by atoms with Gasteiger partial charge in [0.25, 0.3) is 11.1 Å². The first-order valence-electron chi connectivity index (χ1n) is 12.2. The molecule has 1 atom stereocenters. The molecule has 1 saturated carbocycles. The molecule has 0 aromatic carbocycles. The highest BCUT2D eigenvalue weighted by Crippen LogP contribution is 2.46. The zero-order valence-electron chi connectivity index (χ0n) is 20.1. The topological polar surface area (TPSA) is 109 Å². The number of pyridine rings is 1. The average Bonchev–Trinajstić information content (AvgIpc) is 3.51. The van der Waals surface area contributed by atoms with E-state index < -0.39 is 22.6 Å². The van der Waals surface area contributed by atoms with Crippen molar-refractivity contribution in [3.05, 3.63) is 58.5 Å². The number of imide groups is 1. The fourth-order valence-corrected chi connectivity index (χ4v) is 6.36. The highest BCUT2D eigenvalue weighted by molar-refractivity contribution is 8.18. The molecule has 3 aliphatic rings. The number of carbonyl (C=O) groups excluding carboxylic acids is 2. The van der Waals surface area contributed by atoms with Gasteiger partial charge in [-0.3, -0.25) is 19.9 Å². The number of anilines is 1. The Labute approximate surface area is 225 Å². The quantitative estimate of drug-likeness (QED) is 0.397. The minimum Gasteiger partial charge on any atom is -0.351 e. The maximum Gasteiger partial charge on any atom is 0.401 e. The van der Waals surface area contributed by atoms with Crippen molar-refractivity contribution in [2.24, 2.45) is 0 Å². The van der Waals surface area contributed by atoms with Crippen LogP contribution < -0.4 is 16.0 Å². The molecule has 1 aliphatic carbocycles. The molecular weight excluding hydrogens is 537 g/mol. The summed E-state index contributed by atoms with van der Waals surface area (Å²) in [5.41, 5.74) is 2.05. The highest BCUT2D eigenvalue weighted by Gasteiger charge is 2.43. The number of halogens is 3. The van der Waals surface area contributed by atoms with E-state index in [4.69, 9.17) is 0 Å². The Bertz CT molecular complexity index is 1280. The first-order valence-corrected chi connectivity index (χ1v) is 13.9. The van der Waals surface area contributed by atoms with E-state index in [1.807, 2.05) is 12.1 Å². The lowest BCUT2D eigenvalue weighted by atomic mass is 9.91. The molecule has 0 bridgehead atoms. The number of aromatic nitrogens is 3. The van der Waals surface area contributed by atoms with Crippen molar-refractivity contribution >= 4 is 51.6 Å². The predicted octanol–water partition coefficient (Wildman–Crippen LogP) is 5.12. The zero-order chi connectivity index (χ0) is 26.7. The monoisotopic (exact) mass is 562 g/mol. The van der Waals surface area contributed by atoms with Crippen molar-refractivity contribution in [2.45, 2.75) is 62.2 Å². The number of nitrogens with zero attached hydrogens (tertiary/aromatic N) is 3. The van der Waals surface area contributed by atoms with Crippen molar-refractivity contribution < 1.29 is 22.8 Å². The third-order valence-corrected chi connectivity index (χ3v) is 8.68. The standard InChI is InChI=1S/C25H25F3N6O2S2/c26-25(27,28)20-8-7-18(37-20)21-14(2-1-10-29-21)13-31-15-3-5-16(6-4-15)32-23-30-11-9-17(33-23)12-19-22(35)34-24(36)38-19/h1-2,7,9-12,15-16,20,31H,3-6,8,13H2,(H,30,32,33)(H,34,35,36)/b19-12-. The van der Waals surface area contributed by atoms with Gasteiger partial charge in [0.05, 0.1) is 16.3 Å². The lowest BCUT2D eigenvalue weighted by molar-refractivity contribution is -0.127. The van der Waals surface area contributed by atoms with Gasteiger partial charge in [-0.2, -0.15) is 13.2 Å². The van der Waals surface area contributed by atoms with Gasteiger partial charge >= 0.3 is 6.18 Å². The summed E-state index contributed by atoms with van der Waals surface area (Å²) in [6, 6.07) is 5.86. The smallest absolute Gasteiger partial charge is 0.351 e. The van der Waals surface area contributed by atoms with Crippen LogP contribution in [0.3, 0.4) is 0 Å². The summed E-state index contributed by atoms with van der Waals surface area (Å²) in [7, 11) is 0. The van der Waals surface area contributed by atoms with Gasteiger partial charge in [-0.05, 0) is 67.6 Å². The van der Waals surface area contributed by atoms with Crippen LogP contribution in [0.25, 0.3) is 11.0 Å². The minimum absolute atomic E-state index is 0.0258. The summed E-state index contributed by atoms with van der Waals surface area (Å²) in [6.45, 7) is 0.536. The van der Waals surface area contributed by atoms with Crippen LogP contribution >= 0.6 is 23.5 Å². The minimum atomic E-state index is -4.22. The fourth-order valence-electron chi connectivity index (χ4n) is 4.58. The van der Waals surface area contributed by atoms with E-state index in [9.17, 15) is 22.8 Å². The van der Waals surface area contributed by atoms with Gasteiger partial charge in [0, 0.05) is 35.9 Å². The molecule has 2 amide bonds. The maximum absolute atomic E-state index is 13.1. The van der Waals surface area contributed by atoms with E-state index in [0.717, 1.165) is 54.8 Å². The molecule has 2 aromatic rings. The van der Waals surface area contributed by atoms with E-state index >= 15 is 0 Å². The molecule has 0 spiro atoms. The van der Waals surface area contributed by atoms with Crippen molar-refractivity contribution in [1.29, 1.82) is 0 Å². The predicted molar refractivity (Wildman–Crippen MR) is 142 cm³/mol. The van der Waals surface area contributed by atoms with Crippen LogP contribution in [0.15, 0.2) is 41.6 Å². The van der Waals surface area contributed by atoms with Crippen LogP contribution in [0, 0.1) is 0 Å². The maximum atomic E-state index is 13.1. The number of alkyl halides is 3. The van der Waals surface area contributed by atoms with E-state index in [0.29, 0.717) is 33.7 Å². The van der Waals surface area contributed by atoms with Crippen molar-refractivity contribution in [2.75, 3.05) is 5.32 Å². The number of amides is 2. The molecule has 1 saturated heterocycles. The molecule has 2 fully saturated rings. The third-order valence-electron chi connectivity index (χ3n) is 6.52. The van der Waals surface area contributed by atoms with E-state index in [1.54, 1.807) is 30.6 Å². The molecule has 2 aliphatic heterocycles. The summed E-state index contributed by atoms with van der Waals surface area (Å²) in [5, 5.41) is 7.32. The zero-order valence-corrected chi connectivity index (χ0v) is 21.8. The molecule has 1 unspecified atom stereocenters. The Morgan fingerprint density at radius 3 is 2.58 bits per heavy atom. The fraction of sp³-hybridized carbons (Fsp3) is 0.400. The Hall–Kier alpha value is -2.90. The molecular formula is C25H25F3N6O2S2. The number of carbonyl (C=O) groups is 2. The Balaban J connectivity index is 1.12. The number of rotatable bonds is 7. The summed E-state index contributed by atoms with van der Waals surface area (Å²) in [4.78, 5) is 37.1. The van der Waals surface area contributed by atoms with Crippen molar-refractivity contribution in [3.63, 3.8) is 0 Å². The molecule has 13 heteroatoms. The van der Waals surface area contributed by atoms with E-state index in [1.165, 1.54) is 0 Å². The van der Waals surface area contributed by atoms with Gasteiger partial charge < -0.3 is 10.6 Å². The lowest BCUT2D eigenvalue weighted by Crippen LogP contribution is -2.37. The van der Waals surface area contributed by atoms with Crippen LogP contribution in [0.2, 0.25) is 0 Å². The number of hydrogen-bond donors (Lipinski definition) is 3. The average molecular weight is 563 g/mol. The third kappa shape index (κ3) is 6.56. The van der Waals surface area contributed by atoms with Gasteiger partial charge in [-0.25, -0.2) is 9.97 Å². The molecule has 0 radical (unpaired) electrons. The number of thioether (sulfide) groups is 2. The first kappa shape index (κ1) is 26.7.